The first-order valence-electron chi connectivity index (χ1n) is 15.0. The number of hydrogen-bond donors (Lipinski definition) is 2. The molecular weight excluding hydrogens is 521 g/mol. The molecule has 0 saturated heterocycles. The van der Waals surface area contributed by atoms with Crippen molar-refractivity contribution in [2.75, 3.05) is 20.7 Å². The number of carbonyl (C=O) groups is 2. The number of Topliss-reactive ketones (excluding diaryl/α,β-unsaturated/α-hetero) is 1. The van der Waals surface area contributed by atoms with E-state index in [0.717, 1.165) is 30.4 Å². The lowest BCUT2D eigenvalue weighted by atomic mass is 9.44. The van der Waals surface area contributed by atoms with E-state index < -0.39 is 36.1 Å². The summed E-state index contributed by atoms with van der Waals surface area (Å²) < 4.78 is 17.7. The molecule has 9 heteroatoms. The van der Waals surface area contributed by atoms with Crippen LogP contribution in [0.4, 0.5) is 0 Å². The highest BCUT2D eigenvalue weighted by Gasteiger charge is 2.68. The number of fused-ring (bicyclic) bond motifs is 1. The topological polar surface area (TPSA) is 106 Å². The summed E-state index contributed by atoms with van der Waals surface area (Å²) in [6.07, 6.45) is 3.94. The van der Waals surface area contributed by atoms with Crippen LogP contribution in [-0.4, -0.2) is 66.8 Å². The molecule has 41 heavy (non-hydrogen) atoms. The van der Waals surface area contributed by atoms with Gasteiger partial charge in [-0.1, -0.05) is 33.8 Å². The second kappa shape index (κ2) is 10.8. The van der Waals surface area contributed by atoms with Gasteiger partial charge in [0.15, 0.2) is 6.61 Å². The van der Waals surface area contributed by atoms with Crippen LogP contribution in [0.15, 0.2) is 24.8 Å². The number of benzene rings is 1. The van der Waals surface area contributed by atoms with Crippen molar-refractivity contribution in [2.45, 2.75) is 85.2 Å². The Labute approximate surface area is 244 Å². The second-order valence-electron chi connectivity index (χ2n) is 13.9. The number of esters is 1. The largest absolute Gasteiger partial charge is 0.491 e. The number of ether oxygens (including phenoxy) is 2. The smallest absolute Gasteiger partial charge is 0.482 e. The van der Waals surface area contributed by atoms with Gasteiger partial charge in [0.1, 0.15) is 17.6 Å². The molecule has 1 aliphatic heterocycles. The zero-order valence-corrected chi connectivity index (χ0v) is 25.4. The fraction of sp³-hybridized carbons (Fsp3) is 0.688. The molecule has 2 N–H and O–H groups in total. The third-order valence-electron chi connectivity index (χ3n) is 11.4. The minimum atomic E-state index is -1.03. The fourth-order valence-corrected chi connectivity index (χ4v) is 8.78. The molecule has 3 saturated carbocycles. The van der Waals surface area contributed by atoms with Crippen LogP contribution in [0.2, 0.25) is 0 Å². The van der Waals surface area contributed by atoms with E-state index in [-0.39, 0.29) is 35.6 Å². The zero-order valence-electron chi connectivity index (χ0n) is 25.4. The van der Waals surface area contributed by atoms with Gasteiger partial charge >= 0.3 is 13.1 Å². The Balaban J connectivity index is 1.43. The maximum absolute atomic E-state index is 13.6. The molecule has 0 unspecified atom stereocenters. The van der Waals surface area contributed by atoms with Gasteiger partial charge in [-0.25, -0.2) is 4.79 Å². The highest BCUT2D eigenvalue weighted by atomic mass is 16.6. The van der Waals surface area contributed by atoms with Crippen LogP contribution >= 0.6 is 0 Å². The average Bonchev–Trinajstić information content (AvgIpc) is 3.48. The van der Waals surface area contributed by atoms with Crippen LogP contribution in [0.5, 0.6) is 5.75 Å². The second-order valence-corrected chi connectivity index (χ2v) is 13.9. The van der Waals surface area contributed by atoms with E-state index in [1.54, 1.807) is 12.1 Å². The third kappa shape index (κ3) is 4.87. The first-order valence-corrected chi connectivity index (χ1v) is 15.0. The molecule has 1 aromatic carbocycles. The fourth-order valence-electron chi connectivity index (χ4n) is 8.78. The van der Waals surface area contributed by atoms with Crippen LogP contribution in [-0.2, 0) is 32.1 Å². The number of aliphatic hydroxyl groups excluding tert-OH is 1. The van der Waals surface area contributed by atoms with Gasteiger partial charge in [0.25, 0.3) is 0 Å². The molecule has 0 spiro atoms. The van der Waals surface area contributed by atoms with Gasteiger partial charge in [0.05, 0.1) is 12.7 Å². The summed E-state index contributed by atoms with van der Waals surface area (Å²) in [5.41, 5.74) is 0.975. The van der Waals surface area contributed by atoms with Crippen molar-refractivity contribution < 1.29 is 33.8 Å². The average molecular weight is 568 g/mol. The van der Waals surface area contributed by atoms with E-state index >= 15 is 0 Å². The summed E-state index contributed by atoms with van der Waals surface area (Å²) in [5.74, 6) is -0.0321. The highest BCUT2D eigenvalue weighted by molar-refractivity contribution is 6.61. The number of hydrogen-bond acceptors (Lipinski definition) is 8. The minimum Gasteiger partial charge on any atom is -0.482 e. The summed E-state index contributed by atoms with van der Waals surface area (Å²) in [5, 5.41) is 22.0. The molecular formula is C32H46BNO7. The molecule has 0 amide bonds. The molecule has 8 nitrogen and oxygen atoms in total. The van der Waals surface area contributed by atoms with Crippen molar-refractivity contribution in [1.29, 1.82) is 0 Å². The first kappa shape index (κ1) is 30.3. The predicted molar refractivity (Wildman–Crippen MR) is 156 cm³/mol. The molecule has 1 heterocycles. The van der Waals surface area contributed by atoms with Crippen molar-refractivity contribution in [3.63, 3.8) is 0 Å². The maximum atomic E-state index is 13.6. The van der Waals surface area contributed by atoms with Crippen LogP contribution in [0.25, 0.3) is 0 Å². The summed E-state index contributed by atoms with van der Waals surface area (Å²) in [7, 11) is 2.90. The highest BCUT2D eigenvalue weighted by Crippen LogP contribution is 2.68. The van der Waals surface area contributed by atoms with Gasteiger partial charge in [0.2, 0.25) is 0 Å². The van der Waals surface area contributed by atoms with Gasteiger partial charge in [-0.15, -0.1) is 6.58 Å². The van der Waals surface area contributed by atoms with E-state index in [4.69, 9.17) is 14.1 Å². The quantitative estimate of drug-likeness (QED) is 0.294. The van der Waals surface area contributed by atoms with Crippen LogP contribution in [0.1, 0.15) is 70.9 Å². The van der Waals surface area contributed by atoms with Crippen molar-refractivity contribution >= 4 is 24.3 Å². The monoisotopic (exact) mass is 567 g/mol. The van der Waals surface area contributed by atoms with Gasteiger partial charge in [0, 0.05) is 29.7 Å². The van der Waals surface area contributed by atoms with E-state index in [1.807, 2.05) is 32.0 Å². The van der Waals surface area contributed by atoms with E-state index in [9.17, 15) is 19.7 Å². The molecule has 4 aliphatic rings. The lowest BCUT2D eigenvalue weighted by Gasteiger charge is -2.61. The summed E-state index contributed by atoms with van der Waals surface area (Å²) in [6.45, 7) is 13.1. The molecule has 3 fully saturated rings. The zero-order chi connectivity index (χ0) is 29.9. The molecule has 5 rings (SSSR count). The lowest BCUT2D eigenvalue weighted by Crippen LogP contribution is -2.63. The molecule has 2 bridgehead atoms. The van der Waals surface area contributed by atoms with Gasteiger partial charge < -0.3 is 29.2 Å². The van der Waals surface area contributed by atoms with E-state index in [2.05, 4.69) is 27.4 Å². The standard InChI is InChI=1S/C32H46BNO7/c1-8-30(4)15-26(31(5)19(2)9-11-32(20(3)29(30)37)12-10-25(35)28(31)32)41-27(36)18-39-22-13-21(16-34(6)7)23-17-40-33(38)24(23)14-22/h8,13-14,19-20,26,28-29,37-38H,1,9-12,15-18H2,2-7H3/t19-,20+,26-,28+,29+,30-,31+,32+/m1/s1. The number of nitrogens with zero attached hydrogens (tertiary/aromatic N) is 1. The van der Waals surface area contributed by atoms with Crippen molar-refractivity contribution in [3.8, 4) is 5.75 Å². The molecule has 0 aromatic heterocycles. The molecule has 224 valence electrons. The van der Waals surface area contributed by atoms with Crippen LogP contribution < -0.4 is 10.2 Å². The lowest BCUT2D eigenvalue weighted by molar-refractivity contribution is -0.207. The number of rotatable bonds is 7. The summed E-state index contributed by atoms with van der Waals surface area (Å²) in [4.78, 5) is 29.1. The number of carbonyl (C=O) groups excluding carboxylic acids is 2. The van der Waals surface area contributed by atoms with E-state index in [1.165, 1.54) is 0 Å². The Hall–Kier alpha value is -2.20. The van der Waals surface area contributed by atoms with Gasteiger partial charge in [-0.2, -0.15) is 0 Å². The Morgan fingerprint density at radius 1 is 1.27 bits per heavy atom. The third-order valence-corrected chi connectivity index (χ3v) is 11.4. The molecule has 1 aromatic rings. The van der Waals surface area contributed by atoms with Crippen LogP contribution in [0.3, 0.4) is 0 Å². The van der Waals surface area contributed by atoms with Crippen molar-refractivity contribution in [1.82, 2.24) is 4.90 Å². The Bertz CT molecular complexity index is 1220. The van der Waals surface area contributed by atoms with Crippen molar-refractivity contribution in [2.24, 2.45) is 34.0 Å². The van der Waals surface area contributed by atoms with Crippen molar-refractivity contribution in [3.05, 3.63) is 35.9 Å². The molecule has 0 radical (unpaired) electrons. The summed E-state index contributed by atoms with van der Waals surface area (Å²) >= 11 is 0. The van der Waals surface area contributed by atoms with Gasteiger partial charge in [-0.3, -0.25) is 4.79 Å². The maximum Gasteiger partial charge on any atom is 0.491 e. The van der Waals surface area contributed by atoms with E-state index in [0.29, 0.717) is 37.2 Å². The first-order chi connectivity index (χ1) is 19.3. The van der Waals surface area contributed by atoms with Crippen LogP contribution in [0, 0.1) is 34.0 Å². The predicted octanol–water partition coefficient (Wildman–Crippen LogP) is 3.25. The minimum absolute atomic E-state index is 0.0794. The Kier molecular flexibility index (Phi) is 7.99. The Morgan fingerprint density at radius 3 is 2.68 bits per heavy atom. The summed E-state index contributed by atoms with van der Waals surface area (Å²) in [6, 6.07) is 3.60. The Morgan fingerprint density at radius 2 is 2.00 bits per heavy atom. The molecule has 3 aliphatic carbocycles. The number of ketones is 1. The van der Waals surface area contributed by atoms with Gasteiger partial charge in [-0.05, 0) is 85.8 Å². The normalized spacial score (nSPS) is 38.2. The number of aliphatic hydroxyl groups is 1. The molecule has 8 atom stereocenters. The SMILES string of the molecule is C=C[C@]1(C)C[C@@H](OC(=O)COc2cc(CN(C)C)c3c(c2)B(O)OC3)[C@]2(C)[C@H](C)CC[C@]3(CCC(=O)[C@H]32)[C@@H](C)[C@@H]1O.